The maximum Gasteiger partial charge on any atom is 0.415 e. The van der Waals surface area contributed by atoms with Crippen LogP contribution in [0.1, 0.15) is 36.8 Å². The van der Waals surface area contributed by atoms with Crippen molar-refractivity contribution >= 4 is 23.5 Å². The highest BCUT2D eigenvalue weighted by atomic mass is 16.6. The summed E-state index contributed by atoms with van der Waals surface area (Å²) in [5.74, 6) is -0.747. The Morgan fingerprint density at radius 1 is 1.36 bits per heavy atom. The number of amides is 1. The van der Waals surface area contributed by atoms with Crippen molar-refractivity contribution in [1.82, 2.24) is 14.6 Å². The van der Waals surface area contributed by atoms with E-state index >= 15 is 0 Å². The van der Waals surface area contributed by atoms with Gasteiger partial charge in [-0.1, -0.05) is 0 Å². The number of hydrogen-bond donors (Lipinski definition) is 1. The Morgan fingerprint density at radius 2 is 2.00 bits per heavy atom. The van der Waals surface area contributed by atoms with E-state index in [1.807, 2.05) is 0 Å². The zero-order chi connectivity index (χ0) is 16.7. The maximum atomic E-state index is 12.2. The van der Waals surface area contributed by atoms with E-state index in [-0.39, 0.29) is 11.2 Å². The van der Waals surface area contributed by atoms with Crippen molar-refractivity contribution in [2.75, 3.05) is 11.9 Å². The molecule has 0 unspecified atom stereocenters. The zero-order valence-corrected chi connectivity index (χ0v) is 13.1. The second-order valence-electron chi connectivity index (χ2n) is 5.89. The fourth-order valence-corrected chi connectivity index (χ4v) is 1.88. The fourth-order valence-electron chi connectivity index (χ4n) is 1.88. The van der Waals surface area contributed by atoms with Gasteiger partial charge in [-0.3, -0.25) is 4.90 Å². The molecule has 2 rings (SSSR count). The maximum absolute atomic E-state index is 12.2. The van der Waals surface area contributed by atoms with Gasteiger partial charge in [-0.2, -0.15) is 9.61 Å². The minimum Gasteiger partial charge on any atom is -0.477 e. The van der Waals surface area contributed by atoms with E-state index in [1.165, 1.54) is 22.7 Å². The Balaban J connectivity index is 2.51. The molecule has 0 atom stereocenters. The molecule has 0 saturated heterocycles. The normalized spacial score (nSPS) is 11.5. The highest BCUT2D eigenvalue weighted by Gasteiger charge is 2.24. The molecule has 2 aromatic rings. The molecule has 0 saturated carbocycles. The lowest BCUT2D eigenvalue weighted by Crippen LogP contribution is -2.35. The van der Waals surface area contributed by atoms with Crippen molar-refractivity contribution in [3.05, 3.63) is 23.5 Å². The van der Waals surface area contributed by atoms with Crippen LogP contribution in [0.4, 0.5) is 10.6 Å². The van der Waals surface area contributed by atoms with Crippen LogP contribution < -0.4 is 4.90 Å². The predicted molar refractivity (Wildman–Crippen MR) is 79.3 cm³/mol. The number of carboxylic acids is 1. The Hall–Kier alpha value is -2.64. The third kappa shape index (κ3) is 3.00. The van der Waals surface area contributed by atoms with Gasteiger partial charge < -0.3 is 9.84 Å². The van der Waals surface area contributed by atoms with Gasteiger partial charge in [-0.05, 0) is 27.7 Å². The first kappa shape index (κ1) is 15.7. The first-order valence-corrected chi connectivity index (χ1v) is 6.65. The number of hydrogen-bond acceptors (Lipinski definition) is 5. The summed E-state index contributed by atoms with van der Waals surface area (Å²) in [6, 6.07) is 1.63. The summed E-state index contributed by atoms with van der Waals surface area (Å²) in [6.07, 6.45) is 0.642. The SMILES string of the molecule is Cc1cc(N(C)C(=O)OC(C)(C)C)n2ncc(C(=O)O)c2n1. The zero-order valence-electron chi connectivity index (χ0n) is 13.1. The summed E-state index contributed by atoms with van der Waals surface area (Å²) in [6.45, 7) is 7.01. The Bertz CT molecular complexity index is 745. The third-order valence-electron chi connectivity index (χ3n) is 2.82. The van der Waals surface area contributed by atoms with Crippen LogP contribution in [0.2, 0.25) is 0 Å². The summed E-state index contributed by atoms with van der Waals surface area (Å²) >= 11 is 0. The molecule has 118 valence electrons. The lowest BCUT2D eigenvalue weighted by atomic mass is 10.2. The lowest BCUT2D eigenvalue weighted by Gasteiger charge is -2.24. The number of aromatic carboxylic acids is 1. The molecule has 2 heterocycles. The average molecular weight is 306 g/mol. The van der Waals surface area contributed by atoms with E-state index in [0.717, 1.165) is 0 Å². The summed E-state index contributed by atoms with van der Waals surface area (Å²) in [7, 11) is 1.53. The fraction of sp³-hybridized carbons (Fsp3) is 0.429. The molecule has 0 radical (unpaired) electrons. The number of carbonyl (C=O) groups is 2. The van der Waals surface area contributed by atoms with Gasteiger partial charge in [0.1, 0.15) is 17.0 Å². The van der Waals surface area contributed by atoms with Gasteiger partial charge in [-0.25, -0.2) is 14.6 Å². The number of carboxylic acid groups (broad SMARTS) is 1. The van der Waals surface area contributed by atoms with Gasteiger partial charge in [0.15, 0.2) is 5.65 Å². The van der Waals surface area contributed by atoms with E-state index in [2.05, 4.69) is 10.1 Å². The quantitative estimate of drug-likeness (QED) is 0.912. The van der Waals surface area contributed by atoms with Gasteiger partial charge in [0.05, 0.1) is 6.20 Å². The van der Waals surface area contributed by atoms with Crippen molar-refractivity contribution in [3.8, 4) is 0 Å². The number of aromatic nitrogens is 3. The average Bonchev–Trinajstić information content (AvgIpc) is 2.78. The number of fused-ring (bicyclic) bond motifs is 1. The van der Waals surface area contributed by atoms with Crippen molar-refractivity contribution in [2.45, 2.75) is 33.3 Å². The molecule has 8 heteroatoms. The molecule has 0 aromatic carbocycles. The largest absolute Gasteiger partial charge is 0.477 e. The number of aryl methyl sites for hydroxylation is 1. The van der Waals surface area contributed by atoms with Crippen LogP contribution in [-0.2, 0) is 4.74 Å². The number of ether oxygens (including phenoxy) is 1. The number of rotatable bonds is 2. The summed E-state index contributed by atoms with van der Waals surface area (Å²) in [4.78, 5) is 28.8. The minimum atomic E-state index is -1.13. The standard InChI is InChI=1S/C14H18N4O4/c1-8-6-10(17(5)13(21)22-14(2,3)4)18-11(16-8)9(7-15-18)12(19)20/h6-7H,1-5H3,(H,19,20). The molecular weight excluding hydrogens is 288 g/mol. The van der Waals surface area contributed by atoms with E-state index in [4.69, 9.17) is 9.84 Å². The van der Waals surface area contributed by atoms with Gasteiger partial charge in [0, 0.05) is 18.8 Å². The van der Waals surface area contributed by atoms with Crippen LogP contribution in [0.25, 0.3) is 5.65 Å². The van der Waals surface area contributed by atoms with Crippen molar-refractivity contribution in [2.24, 2.45) is 0 Å². The summed E-state index contributed by atoms with van der Waals surface area (Å²) < 4.78 is 6.61. The van der Waals surface area contributed by atoms with E-state index in [1.54, 1.807) is 33.8 Å². The smallest absolute Gasteiger partial charge is 0.415 e. The molecule has 0 bridgehead atoms. The predicted octanol–water partition coefficient (Wildman–Crippen LogP) is 2.11. The number of carbonyl (C=O) groups excluding carboxylic acids is 1. The monoisotopic (exact) mass is 306 g/mol. The molecule has 0 aliphatic carbocycles. The molecule has 0 fully saturated rings. The van der Waals surface area contributed by atoms with Gasteiger partial charge in [-0.15, -0.1) is 0 Å². The molecule has 8 nitrogen and oxygen atoms in total. The molecule has 0 aliphatic heterocycles. The van der Waals surface area contributed by atoms with Crippen molar-refractivity contribution in [1.29, 1.82) is 0 Å². The molecule has 22 heavy (non-hydrogen) atoms. The minimum absolute atomic E-state index is 0.0254. The lowest BCUT2D eigenvalue weighted by molar-refractivity contribution is 0.0587. The molecule has 1 N–H and O–H groups in total. The highest BCUT2D eigenvalue weighted by molar-refractivity contribution is 5.95. The highest BCUT2D eigenvalue weighted by Crippen LogP contribution is 2.20. The number of nitrogens with zero attached hydrogens (tertiary/aromatic N) is 4. The van der Waals surface area contributed by atoms with Gasteiger partial charge >= 0.3 is 12.1 Å². The summed E-state index contributed by atoms with van der Waals surface area (Å²) in [5.41, 5.74) is 0.0874. The second-order valence-corrected chi connectivity index (χ2v) is 5.89. The van der Waals surface area contributed by atoms with Crippen LogP contribution in [0, 0.1) is 6.92 Å². The molecule has 2 aromatic heterocycles. The topological polar surface area (TPSA) is 97.0 Å². The van der Waals surface area contributed by atoms with Gasteiger partial charge in [0.2, 0.25) is 0 Å². The van der Waals surface area contributed by atoms with Crippen LogP contribution in [0.3, 0.4) is 0 Å². The Morgan fingerprint density at radius 3 is 2.55 bits per heavy atom. The Kier molecular flexibility index (Phi) is 3.78. The van der Waals surface area contributed by atoms with Crippen LogP contribution in [0.5, 0.6) is 0 Å². The van der Waals surface area contributed by atoms with E-state index in [0.29, 0.717) is 11.5 Å². The molecule has 0 spiro atoms. The third-order valence-corrected chi connectivity index (χ3v) is 2.82. The molecule has 0 aliphatic rings. The van der Waals surface area contributed by atoms with E-state index < -0.39 is 17.7 Å². The van der Waals surface area contributed by atoms with E-state index in [9.17, 15) is 9.59 Å². The first-order valence-electron chi connectivity index (χ1n) is 6.65. The van der Waals surface area contributed by atoms with Crippen LogP contribution in [-0.4, -0.2) is 44.4 Å². The van der Waals surface area contributed by atoms with Crippen molar-refractivity contribution < 1.29 is 19.4 Å². The molecular formula is C14H18N4O4. The first-order chi connectivity index (χ1) is 10.1. The van der Waals surface area contributed by atoms with Crippen molar-refractivity contribution in [3.63, 3.8) is 0 Å². The summed E-state index contributed by atoms with van der Waals surface area (Å²) in [5, 5.41) is 13.2. The van der Waals surface area contributed by atoms with Crippen LogP contribution >= 0.6 is 0 Å². The van der Waals surface area contributed by atoms with Gasteiger partial charge in [0.25, 0.3) is 0 Å². The van der Waals surface area contributed by atoms with Crippen LogP contribution in [0.15, 0.2) is 12.3 Å². The second kappa shape index (κ2) is 5.28. The number of anilines is 1. The molecule has 1 amide bonds. The Labute approximate surface area is 127 Å².